The summed E-state index contributed by atoms with van der Waals surface area (Å²) >= 11 is 0. The van der Waals surface area contributed by atoms with E-state index in [1.54, 1.807) is 26.2 Å². The molecule has 0 aromatic heterocycles. The van der Waals surface area contributed by atoms with Gasteiger partial charge in [0.15, 0.2) is 0 Å². The third-order valence-corrected chi connectivity index (χ3v) is 3.48. The molecule has 1 atom stereocenters. The van der Waals surface area contributed by atoms with Crippen LogP contribution in [0, 0.1) is 0 Å². The number of hydrogen-bond donors (Lipinski definition) is 1. The van der Waals surface area contributed by atoms with Crippen LogP contribution in [0.15, 0.2) is 48.5 Å². The number of methoxy groups -OCH3 is 1. The molecule has 0 saturated carbocycles. The maximum atomic E-state index is 12.5. The summed E-state index contributed by atoms with van der Waals surface area (Å²) < 4.78 is 48.1. The molecule has 2 rings (SSSR count). The van der Waals surface area contributed by atoms with Gasteiger partial charge >= 0.3 is 6.18 Å². The Hall–Kier alpha value is -2.54. The van der Waals surface area contributed by atoms with Crippen LogP contribution in [0.25, 0.3) is 0 Å². The van der Waals surface area contributed by atoms with E-state index in [9.17, 15) is 18.0 Å². The van der Waals surface area contributed by atoms with Gasteiger partial charge in [-0.05, 0) is 48.9 Å². The Labute approximate surface area is 143 Å². The first kappa shape index (κ1) is 18.8. The van der Waals surface area contributed by atoms with Crippen molar-refractivity contribution in [2.75, 3.05) is 12.4 Å². The second kappa shape index (κ2) is 8.02. The number of carbonyl (C=O) groups is 1. The highest BCUT2D eigenvalue weighted by Gasteiger charge is 2.30. The van der Waals surface area contributed by atoms with E-state index in [1.807, 2.05) is 12.1 Å². The largest absolute Gasteiger partial charge is 0.497 e. The van der Waals surface area contributed by atoms with Gasteiger partial charge in [0.25, 0.3) is 5.91 Å². The number of alkyl halides is 3. The van der Waals surface area contributed by atoms with E-state index in [1.165, 1.54) is 12.1 Å². The van der Waals surface area contributed by atoms with Gasteiger partial charge in [0.2, 0.25) is 0 Å². The molecule has 0 heterocycles. The normalized spacial score (nSPS) is 12.5. The maximum absolute atomic E-state index is 12.5. The predicted octanol–water partition coefficient (Wildman–Crippen LogP) is 4.26. The van der Waals surface area contributed by atoms with Crippen molar-refractivity contribution in [2.24, 2.45) is 0 Å². The van der Waals surface area contributed by atoms with Crippen LogP contribution in [0.5, 0.6) is 5.75 Å². The van der Waals surface area contributed by atoms with Gasteiger partial charge in [-0.2, -0.15) is 13.2 Å². The lowest BCUT2D eigenvalue weighted by molar-refractivity contribution is -0.137. The fourth-order valence-corrected chi connectivity index (χ4v) is 2.05. The smallest absolute Gasteiger partial charge is 0.416 e. The van der Waals surface area contributed by atoms with Crippen molar-refractivity contribution >= 4 is 11.6 Å². The van der Waals surface area contributed by atoms with E-state index >= 15 is 0 Å². The van der Waals surface area contributed by atoms with Crippen molar-refractivity contribution in [3.05, 3.63) is 59.7 Å². The van der Waals surface area contributed by atoms with E-state index < -0.39 is 23.8 Å². The number of rotatable bonds is 6. The zero-order valence-corrected chi connectivity index (χ0v) is 13.8. The minimum Gasteiger partial charge on any atom is -0.497 e. The van der Waals surface area contributed by atoms with Crippen LogP contribution in [-0.4, -0.2) is 19.1 Å². The molecule has 1 unspecified atom stereocenters. The molecule has 0 aliphatic rings. The van der Waals surface area contributed by atoms with Gasteiger partial charge in [-0.3, -0.25) is 4.79 Å². The molecule has 0 aliphatic carbocycles. The molecular weight excluding hydrogens is 335 g/mol. The molecule has 0 spiro atoms. The Balaban J connectivity index is 1.89. The topological polar surface area (TPSA) is 47.6 Å². The van der Waals surface area contributed by atoms with Crippen molar-refractivity contribution in [2.45, 2.75) is 25.8 Å². The van der Waals surface area contributed by atoms with Gasteiger partial charge < -0.3 is 14.8 Å². The second-order valence-electron chi connectivity index (χ2n) is 5.37. The van der Waals surface area contributed by atoms with Crippen molar-refractivity contribution < 1.29 is 27.4 Å². The highest BCUT2D eigenvalue weighted by atomic mass is 19.4. The van der Waals surface area contributed by atoms with E-state index in [0.717, 1.165) is 17.7 Å². The van der Waals surface area contributed by atoms with Crippen molar-refractivity contribution in [1.29, 1.82) is 0 Å². The van der Waals surface area contributed by atoms with Gasteiger partial charge in [0.05, 0.1) is 19.3 Å². The molecule has 0 aliphatic heterocycles. The van der Waals surface area contributed by atoms with E-state index in [4.69, 9.17) is 9.47 Å². The summed E-state index contributed by atoms with van der Waals surface area (Å²) in [5.74, 6) is 0.241. The maximum Gasteiger partial charge on any atom is 0.416 e. The molecule has 0 bridgehead atoms. The molecule has 0 fully saturated rings. The van der Waals surface area contributed by atoms with Crippen molar-refractivity contribution in [1.82, 2.24) is 0 Å². The second-order valence-corrected chi connectivity index (χ2v) is 5.37. The SMILES string of the molecule is COc1cccc(COC(C)C(=O)Nc2ccc(C(F)(F)F)cc2)c1. The molecule has 134 valence electrons. The summed E-state index contributed by atoms with van der Waals surface area (Å²) in [6.45, 7) is 1.78. The molecular formula is C18H18F3NO3. The summed E-state index contributed by atoms with van der Waals surface area (Å²) in [7, 11) is 1.56. The molecule has 4 nitrogen and oxygen atoms in total. The molecule has 7 heteroatoms. The summed E-state index contributed by atoms with van der Waals surface area (Å²) in [5, 5.41) is 2.52. The summed E-state index contributed by atoms with van der Waals surface area (Å²) in [6, 6.07) is 11.5. The molecule has 2 aromatic carbocycles. The Bertz CT molecular complexity index is 714. The summed E-state index contributed by atoms with van der Waals surface area (Å²) in [6.07, 6.45) is -5.18. The third-order valence-electron chi connectivity index (χ3n) is 3.48. The van der Waals surface area contributed by atoms with Crippen molar-refractivity contribution in [3.8, 4) is 5.75 Å². The Kier molecular flexibility index (Phi) is 6.03. The number of anilines is 1. The van der Waals surface area contributed by atoms with Gasteiger partial charge in [0.1, 0.15) is 11.9 Å². The van der Waals surface area contributed by atoms with Crippen LogP contribution in [0.3, 0.4) is 0 Å². The molecule has 1 amide bonds. The highest BCUT2D eigenvalue weighted by molar-refractivity contribution is 5.93. The Morgan fingerprint density at radius 1 is 1.16 bits per heavy atom. The highest BCUT2D eigenvalue weighted by Crippen LogP contribution is 2.29. The van der Waals surface area contributed by atoms with Gasteiger partial charge in [-0.15, -0.1) is 0 Å². The zero-order chi connectivity index (χ0) is 18.4. The molecule has 2 aromatic rings. The van der Waals surface area contributed by atoms with E-state index in [0.29, 0.717) is 5.75 Å². The first-order chi connectivity index (χ1) is 11.8. The summed E-state index contributed by atoms with van der Waals surface area (Å²) in [5.41, 5.74) is 0.344. The van der Waals surface area contributed by atoms with Crippen LogP contribution in [-0.2, 0) is 22.3 Å². The first-order valence-corrected chi connectivity index (χ1v) is 7.52. The Morgan fingerprint density at radius 2 is 1.84 bits per heavy atom. The number of amides is 1. The average Bonchev–Trinajstić information content (AvgIpc) is 2.59. The standard InChI is InChI=1S/C18H18F3NO3/c1-12(25-11-13-4-3-5-16(10-13)24-2)17(23)22-15-8-6-14(7-9-15)18(19,20)21/h3-10,12H,11H2,1-2H3,(H,22,23). The third kappa shape index (κ3) is 5.49. The van der Waals surface area contributed by atoms with Crippen molar-refractivity contribution in [3.63, 3.8) is 0 Å². The van der Waals surface area contributed by atoms with Crippen LogP contribution in [0.1, 0.15) is 18.1 Å². The molecule has 0 saturated heterocycles. The fourth-order valence-electron chi connectivity index (χ4n) is 2.05. The quantitative estimate of drug-likeness (QED) is 0.844. The lowest BCUT2D eigenvalue weighted by Crippen LogP contribution is -2.27. The zero-order valence-electron chi connectivity index (χ0n) is 13.8. The predicted molar refractivity (Wildman–Crippen MR) is 87.3 cm³/mol. The van der Waals surface area contributed by atoms with Crippen LogP contribution < -0.4 is 10.1 Å². The Morgan fingerprint density at radius 3 is 2.44 bits per heavy atom. The average molecular weight is 353 g/mol. The van der Waals surface area contributed by atoms with E-state index in [2.05, 4.69) is 5.32 Å². The molecule has 25 heavy (non-hydrogen) atoms. The van der Waals surface area contributed by atoms with Gasteiger partial charge in [-0.25, -0.2) is 0 Å². The van der Waals surface area contributed by atoms with Gasteiger partial charge in [0, 0.05) is 5.69 Å². The minimum absolute atomic E-state index is 0.207. The number of halogens is 3. The molecule has 0 radical (unpaired) electrons. The monoisotopic (exact) mass is 353 g/mol. The number of benzene rings is 2. The lowest BCUT2D eigenvalue weighted by atomic mass is 10.2. The van der Waals surface area contributed by atoms with Gasteiger partial charge in [-0.1, -0.05) is 12.1 Å². The first-order valence-electron chi connectivity index (χ1n) is 7.52. The number of carbonyl (C=O) groups excluding carboxylic acids is 1. The lowest BCUT2D eigenvalue weighted by Gasteiger charge is -2.14. The summed E-state index contributed by atoms with van der Waals surface area (Å²) in [4.78, 5) is 12.1. The minimum atomic E-state index is -4.41. The number of hydrogen-bond acceptors (Lipinski definition) is 3. The number of ether oxygens (including phenoxy) is 2. The van der Waals surface area contributed by atoms with Crippen LogP contribution in [0.2, 0.25) is 0 Å². The number of nitrogens with one attached hydrogen (secondary N) is 1. The van der Waals surface area contributed by atoms with E-state index in [-0.39, 0.29) is 12.3 Å². The van der Waals surface area contributed by atoms with Crippen LogP contribution >= 0.6 is 0 Å². The fraction of sp³-hybridized carbons (Fsp3) is 0.278. The molecule has 1 N–H and O–H groups in total. The van der Waals surface area contributed by atoms with Crippen LogP contribution in [0.4, 0.5) is 18.9 Å².